The number of ether oxygens (including phenoxy) is 2. The number of aromatic nitrogens is 4. The fourth-order valence-electron chi connectivity index (χ4n) is 6.38. The maximum atomic E-state index is 9.00. The fraction of sp³-hybridized carbons (Fsp3) is 0.0959. The molecule has 0 saturated carbocycles. The summed E-state index contributed by atoms with van der Waals surface area (Å²) in [6.07, 6.45) is 12.1. The van der Waals surface area contributed by atoms with Crippen LogP contribution in [0.3, 0.4) is 0 Å². The summed E-state index contributed by atoms with van der Waals surface area (Å²) in [5.74, 6) is 48.2. The zero-order chi connectivity index (χ0) is 59.9. The summed E-state index contributed by atoms with van der Waals surface area (Å²) < 4.78 is 12.4. The number of carboxylic acid groups (broad SMARTS) is 2. The number of aryl methyl sites for hydroxylation is 4. The van der Waals surface area contributed by atoms with Crippen molar-refractivity contribution >= 4 is 11.9 Å². The first-order valence-corrected chi connectivity index (χ1v) is 24.8. The Hall–Kier alpha value is -11.1. The summed E-state index contributed by atoms with van der Waals surface area (Å²) >= 11 is 0. The normalized spacial score (nSPS) is 8.26. The minimum absolute atomic E-state index is 0. The van der Waals surface area contributed by atoms with Crippen molar-refractivity contribution in [1.82, 2.24) is 19.9 Å². The van der Waals surface area contributed by atoms with E-state index in [1.807, 2.05) is 142 Å². The van der Waals surface area contributed by atoms with Crippen LogP contribution in [0.15, 0.2) is 158 Å². The van der Waals surface area contributed by atoms with Crippen molar-refractivity contribution in [2.45, 2.75) is 48.5 Å². The van der Waals surface area contributed by atoms with Gasteiger partial charge in [-0.25, -0.2) is 0 Å². The zero-order valence-corrected chi connectivity index (χ0v) is 50.1. The molecule has 4 aromatic heterocycles. The maximum Gasteiger partial charge on any atom is 2.00 e. The Morgan fingerprint density at radius 3 is 1.39 bits per heavy atom. The number of rotatable bonds is 8. The van der Waals surface area contributed by atoms with Gasteiger partial charge in [-0.1, -0.05) is 92.1 Å². The number of hydrogen-bond acceptors (Lipinski definition) is 8. The molecule has 0 aliphatic heterocycles. The molecule has 418 valence electrons. The Bertz CT molecular complexity index is 4000. The van der Waals surface area contributed by atoms with Gasteiger partial charge < -0.3 is 29.7 Å². The third-order valence-corrected chi connectivity index (χ3v) is 10.0. The smallest absolute Gasteiger partial charge is 0.496 e. The summed E-state index contributed by atoms with van der Waals surface area (Å²) in [6, 6.07) is 50.4. The van der Waals surface area contributed by atoms with Crippen LogP contribution < -0.4 is 9.47 Å². The van der Waals surface area contributed by atoms with E-state index in [4.69, 9.17) is 35.7 Å². The summed E-state index contributed by atoms with van der Waals surface area (Å²) in [6.45, 7) is 12.0. The van der Waals surface area contributed by atoms with Gasteiger partial charge in [-0.3, -0.25) is 19.6 Å². The quantitative estimate of drug-likeness (QED) is 0.0857. The Labute approximate surface area is 526 Å². The third kappa shape index (κ3) is 27.8. The zero-order valence-electron chi connectivity index (χ0n) is 47.0. The van der Waals surface area contributed by atoms with Crippen LogP contribution in [-0.4, -0.2) is 42.1 Å². The fourth-order valence-corrected chi connectivity index (χ4v) is 6.38. The average Bonchev–Trinajstić information content (AvgIpc) is 3.68. The largest absolute Gasteiger partial charge is 2.00 e. The Kier molecular flexibility index (Phi) is 33.8. The Morgan fingerprint density at radius 1 is 0.471 bits per heavy atom. The molecule has 0 aliphatic rings. The predicted octanol–water partition coefficient (Wildman–Crippen LogP) is 12.9. The summed E-state index contributed by atoms with van der Waals surface area (Å²) in [5, 5.41) is 14.8. The summed E-state index contributed by atoms with van der Waals surface area (Å²) in [5.41, 5.74) is 11.9. The van der Waals surface area contributed by atoms with E-state index in [0.29, 0.717) is 11.5 Å². The van der Waals surface area contributed by atoms with Crippen molar-refractivity contribution in [1.29, 1.82) is 0 Å². The number of nitrogens with zero attached hydrogens (tertiary/aromatic N) is 4. The number of terminal acetylenes is 1. The molecule has 8 rings (SSSR count). The molecule has 85 heavy (non-hydrogen) atoms. The van der Waals surface area contributed by atoms with E-state index in [2.05, 4.69) is 170 Å². The van der Waals surface area contributed by atoms with Crippen LogP contribution in [0.1, 0.15) is 43.0 Å². The number of hydrogen-bond donors (Lipinski definition) is 2. The Balaban J connectivity index is 0.000000407. The van der Waals surface area contributed by atoms with Gasteiger partial charge in [0.2, 0.25) is 0 Å². The van der Waals surface area contributed by atoms with Crippen molar-refractivity contribution in [2.75, 3.05) is 0 Å². The number of pyridine rings is 4. The van der Waals surface area contributed by atoms with Crippen LogP contribution in [0.25, 0.3) is 45.0 Å². The second kappa shape index (κ2) is 41.0. The first-order chi connectivity index (χ1) is 40.3. The van der Waals surface area contributed by atoms with Gasteiger partial charge in [-0.15, -0.1) is 47.4 Å². The second-order valence-electron chi connectivity index (χ2n) is 16.3. The van der Waals surface area contributed by atoms with Crippen LogP contribution in [0.2, 0.25) is 0 Å². The van der Waals surface area contributed by atoms with Gasteiger partial charge in [0.05, 0.1) is 11.4 Å². The van der Waals surface area contributed by atoms with Crippen molar-refractivity contribution in [3.8, 4) is 187 Å². The van der Waals surface area contributed by atoms with Crippen LogP contribution in [-0.2, 0) is 50.4 Å². The molecular formula is C73H50N4O6Pd2. The SMILES string of the molecule is C#CC#CC#CC#CC#CC#CC#CC#CC#CC#CC.CC(=O)O.CC(=O)O.Cc1ccc(-c2ccccn2)[c-]c1Oc1[c-]c(-c2ccccn2)c(C)cc1.Cc1ccc(-c2ccccn2)cc1Oc1ccc(C)c(-c2ccccn2)c1.[Pd+2].[Pd]. The molecule has 0 radical (unpaired) electrons. The van der Waals surface area contributed by atoms with Crippen molar-refractivity contribution in [3.63, 3.8) is 0 Å². The van der Waals surface area contributed by atoms with Crippen molar-refractivity contribution in [2.24, 2.45) is 0 Å². The minimum atomic E-state index is -0.833. The van der Waals surface area contributed by atoms with Crippen molar-refractivity contribution < 1.29 is 70.1 Å². The number of carbonyl (C=O) groups is 2. The van der Waals surface area contributed by atoms with E-state index < -0.39 is 11.9 Å². The molecule has 8 aromatic rings. The van der Waals surface area contributed by atoms with Gasteiger partial charge in [0.1, 0.15) is 11.5 Å². The molecule has 0 unspecified atom stereocenters. The standard InChI is InChI=1S/C24H20N2O.C24H18N2O.C21H4.2C2H4O2.2Pd/c2*1-17-10-12-20(16-21(17)23-8-4-6-14-26-23)27-24-15-19(11-9-18(24)2)22-7-3-5-13-25-22;1-3-5-7-9-11-13-15-17-19-21-20-18-16-14-12-10-8-6-4-2;2*1-2(3)4;;/h3-16H,1-2H3;3-14H,1-2H3;1H,2H3;2*1H3,(H,3,4);;/q;-2;;;;;+2. The molecule has 0 aliphatic carbocycles. The first-order valence-electron chi connectivity index (χ1n) is 24.8. The third-order valence-electron chi connectivity index (χ3n) is 10.0. The Morgan fingerprint density at radius 2 is 0.906 bits per heavy atom. The molecule has 0 saturated heterocycles. The topological polar surface area (TPSA) is 145 Å². The van der Waals surface area contributed by atoms with Crippen LogP contribution in [0.5, 0.6) is 23.0 Å². The molecule has 0 bridgehead atoms. The predicted molar refractivity (Wildman–Crippen MR) is 327 cm³/mol. The van der Waals surface area contributed by atoms with Gasteiger partial charge in [0.25, 0.3) is 11.9 Å². The molecule has 0 fully saturated rings. The number of aliphatic carboxylic acids is 2. The minimum Gasteiger partial charge on any atom is -0.496 e. The van der Waals surface area contributed by atoms with Crippen molar-refractivity contribution in [3.05, 3.63) is 193 Å². The maximum absolute atomic E-state index is 9.00. The van der Waals surface area contributed by atoms with E-state index in [1.54, 1.807) is 25.5 Å². The molecule has 0 atom stereocenters. The molecule has 10 nitrogen and oxygen atoms in total. The molecule has 4 heterocycles. The molecule has 0 spiro atoms. The average molecular weight is 1290 g/mol. The van der Waals surface area contributed by atoms with E-state index in [1.165, 1.54) is 5.56 Å². The molecule has 4 aromatic carbocycles. The first kappa shape index (κ1) is 70.1. The number of benzene rings is 4. The van der Waals surface area contributed by atoms with E-state index >= 15 is 0 Å². The van der Waals surface area contributed by atoms with Crippen LogP contribution in [0.4, 0.5) is 0 Å². The monoisotopic (exact) mass is 1290 g/mol. The van der Waals surface area contributed by atoms with Gasteiger partial charge in [0, 0.05) is 93.5 Å². The summed E-state index contributed by atoms with van der Waals surface area (Å²) in [7, 11) is 0. The molecule has 2 N–H and O–H groups in total. The van der Waals surface area contributed by atoms with E-state index in [-0.39, 0.29) is 40.8 Å². The van der Waals surface area contributed by atoms with E-state index in [9.17, 15) is 0 Å². The van der Waals surface area contributed by atoms with Crippen LogP contribution in [0, 0.1) is 159 Å². The molecule has 12 heteroatoms. The van der Waals surface area contributed by atoms with Gasteiger partial charge in [-0.05, 0) is 193 Å². The molecular weight excluding hydrogens is 1240 g/mol. The molecule has 0 amide bonds. The van der Waals surface area contributed by atoms with Crippen LogP contribution >= 0.6 is 0 Å². The van der Waals surface area contributed by atoms with E-state index in [0.717, 1.165) is 87.1 Å². The van der Waals surface area contributed by atoms with Gasteiger partial charge in [-0.2, -0.15) is 0 Å². The van der Waals surface area contributed by atoms with Gasteiger partial charge >= 0.3 is 20.4 Å². The number of carboxylic acids is 2. The summed E-state index contributed by atoms with van der Waals surface area (Å²) in [4.78, 5) is 35.7. The van der Waals surface area contributed by atoms with Gasteiger partial charge in [0.15, 0.2) is 0 Å². The second-order valence-corrected chi connectivity index (χ2v) is 16.3.